The maximum Gasteiger partial charge on any atom is 0.416 e. The second-order valence-electron chi connectivity index (χ2n) is 5.28. The quantitative estimate of drug-likeness (QED) is 0.549. The summed E-state index contributed by atoms with van der Waals surface area (Å²) in [6, 6.07) is 3.79. The van der Waals surface area contributed by atoms with E-state index in [0.29, 0.717) is 5.56 Å². The molecule has 0 aliphatic heterocycles. The lowest BCUT2D eigenvalue weighted by atomic mass is 9.98. The number of hydrogen-bond acceptors (Lipinski definition) is 1. The molecule has 0 amide bonds. The van der Waals surface area contributed by atoms with E-state index in [9.17, 15) is 13.2 Å². The largest absolute Gasteiger partial charge is 0.416 e. The standard InChI is InChI=1S/C16H23BrF3N/c1-3-4-5-6-7-8-15(21-2)13-11-12(16(18,19)20)9-10-14(13)17/h9-11,15,21H,3-8H2,1-2H3. The van der Waals surface area contributed by atoms with Crippen LogP contribution in [0.4, 0.5) is 13.2 Å². The summed E-state index contributed by atoms with van der Waals surface area (Å²) in [6.07, 6.45) is 2.30. The van der Waals surface area contributed by atoms with Crippen LogP contribution in [-0.2, 0) is 6.18 Å². The van der Waals surface area contributed by atoms with E-state index in [0.717, 1.165) is 29.8 Å². The zero-order valence-corrected chi connectivity index (χ0v) is 14.1. The summed E-state index contributed by atoms with van der Waals surface area (Å²) in [7, 11) is 1.80. The molecule has 0 aliphatic rings. The molecule has 1 aromatic carbocycles. The summed E-state index contributed by atoms with van der Waals surface area (Å²) >= 11 is 3.37. The van der Waals surface area contributed by atoms with E-state index >= 15 is 0 Å². The third-order valence-electron chi connectivity index (χ3n) is 3.64. The summed E-state index contributed by atoms with van der Waals surface area (Å²) in [5.74, 6) is 0. The molecule has 1 nitrogen and oxygen atoms in total. The van der Waals surface area contributed by atoms with Crippen LogP contribution in [-0.4, -0.2) is 7.05 Å². The molecule has 0 aliphatic carbocycles. The summed E-state index contributed by atoms with van der Waals surface area (Å²) in [6.45, 7) is 2.16. The summed E-state index contributed by atoms with van der Waals surface area (Å²) in [4.78, 5) is 0. The third-order valence-corrected chi connectivity index (χ3v) is 4.37. The van der Waals surface area contributed by atoms with Crippen molar-refractivity contribution in [2.24, 2.45) is 0 Å². The Morgan fingerprint density at radius 2 is 1.81 bits per heavy atom. The van der Waals surface area contributed by atoms with Gasteiger partial charge in [-0.25, -0.2) is 0 Å². The second kappa shape index (κ2) is 8.79. The number of nitrogens with one attached hydrogen (secondary N) is 1. The lowest BCUT2D eigenvalue weighted by molar-refractivity contribution is -0.137. The molecule has 1 unspecified atom stereocenters. The molecule has 0 heterocycles. The fraction of sp³-hybridized carbons (Fsp3) is 0.625. The van der Waals surface area contributed by atoms with Gasteiger partial charge in [-0.1, -0.05) is 55.0 Å². The van der Waals surface area contributed by atoms with Gasteiger partial charge in [0, 0.05) is 10.5 Å². The Morgan fingerprint density at radius 1 is 1.14 bits per heavy atom. The molecule has 120 valence electrons. The van der Waals surface area contributed by atoms with Crippen molar-refractivity contribution in [3.05, 3.63) is 33.8 Å². The first-order valence-electron chi connectivity index (χ1n) is 7.44. The molecule has 0 radical (unpaired) electrons. The summed E-state index contributed by atoms with van der Waals surface area (Å²) in [5, 5.41) is 3.13. The lowest BCUT2D eigenvalue weighted by Gasteiger charge is -2.20. The maximum absolute atomic E-state index is 12.8. The Morgan fingerprint density at radius 3 is 2.38 bits per heavy atom. The van der Waals surface area contributed by atoms with E-state index in [1.807, 2.05) is 0 Å². The van der Waals surface area contributed by atoms with E-state index in [1.54, 1.807) is 7.05 Å². The van der Waals surface area contributed by atoms with Gasteiger partial charge in [-0.3, -0.25) is 0 Å². The van der Waals surface area contributed by atoms with Crippen LogP contribution in [0.1, 0.15) is 62.6 Å². The Hall–Kier alpha value is -0.550. The smallest absolute Gasteiger partial charge is 0.313 e. The van der Waals surface area contributed by atoms with Gasteiger partial charge >= 0.3 is 6.18 Å². The van der Waals surface area contributed by atoms with Gasteiger partial charge < -0.3 is 5.32 Å². The summed E-state index contributed by atoms with van der Waals surface area (Å²) in [5.41, 5.74) is 0.0924. The first kappa shape index (κ1) is 18.5. The van der Waals surface area contributed by atoms with Crippen LogP contribution in [0.5, 0.6) is 0 Å². The highest BCUT2D eigenvalue weighted by atomic mass is 79.9. The molecular weight excluding hydrogens is 343 g/mol. The molecule has 5 heteroatoms. The van der Waals surface area contributed by atoms with E-state index in [4.69, 9.17) is 0 Å². The molecule has 0 saturated carbocycles. The lowest BCUT2D eigenvalue weighted by Crippen LogP contribution is -2.18. The molecule has 0 saturated heterocycles. The van der Waals surface area contributed by atoms with Crippen LogP contribution < -0.4 is 5.32 Å². The average molecular weight is 366 g/mol. The molecule has 1 N–H and O–H groups in total. The van der Waals surface area contributed by atoms with Crippen LogP contribution in [0, 0.1) is 0 Å². The molecule has 0 bridgehead atoms. The van der Waals surface area contributed by atoms with E-state index < -0.39 is 11.7 Å². The molecule has 1 aromatic rings. The Labute approximate surface area is 133 Å². The first-order chi connectivity index (χ1) is 9.90. The Bertz CT molecular complexity index is 432. The minimum Gasteiger partial charge on any atom is -0.313 e. The van der Waals surface area contributed by atoms with Crippen molar-refractivity contribution in [2.45, 2.75) is 57.7 Å². The van der Waals surface area contributed by atoms with E-state index in [2.05, 4.69) is 28.2 Å². The van der Waals surface area contributed by atoms with Gasteiger partial charge in [0.05, 0.1) is 5.56 Å². The van der Waals surface area contributed by atoms with Crippen molar-refractivity contribution < 1.29 is 13.2 Å². The zero-order chi connectivity index (χ0) is 15.9. The highest BCUT2D eigenvalue weighted by Crippen LogP contribution is 2.35. The van der Waals surface area contributed by atoms with Crippen LogP contribution >= 0.6 is 15.9 Å². The van der Waals surface area contributed by atoms with Gasteiger partial charge in [0.2, 0.25) is 0 Å². The van der Waals surface area contributed by atoms with Crippen LogP contribution in [0.25, 0.3) is 0 Å². The molecule has 1 atom stereocenters. The predicted octanol–water partition coefficient (Wildman–Crippen LogP) is 6.09. The van der Waals surface area contributed by atoms with Crippen molar-refractivity contribution >= 4 is 15.9 Å². The normalized spacial score (nSPS) is 13.4. The zero-order valence-electron chi connectivity index (χ0n) is 12.6. The molecule has 21 heavy (non-hydrogen) atoms. The van der Waals surface area contributed by atoms with Gasteiger partial charge in [0.1, 0.15) is 0 Å². The number of halogens is 4. The van der Waals surface area contributed by atoms with Crippen molar-refractivity contribution in [1.29, 1.82) is 0 Å². The maximum atomic E-state index is 12.8. The minimum atomic E-state index is -4.30. The van der Waals surface area contributed by atoms with Gasteiger partial charge in [0.15, 0.2) is 0 Å². The summed E-state index contributed by atoms with van der Waals surface area (Å²) < 4.78 is 39.2. The van der Waals surface area contributed by atoms with Crippen molar-refractivity contribution in [1.82, 2.24) is 5.32 Å². The van der Waals surface area contributed by atoms with E-state index in [1.165, 1.54) is 31.4 Å². The first-order valence-corrected chi connectivity index (χ1v) is 8.23. The second-order valence-corrected chi connectivity index (χ2v) is 6.13. The minimum absolute atomic E-state index is 0.0525. The molecule has 0 fully saturated rings. The van der Waals surface area contributed by atoms with Crippen LogP contribution in [0.2, 0.25) is 0 Å². The van der Waals surface area contributed by atoms with Crippen molar-refractivity contribution in [3.8, 4) is 0 Å². The highest BCUT2D eigenvalue weighted by Gasteiger charge is 2.31. The Kier molecular flexibility index (Phi) is 7.74. The fourth-order valence-corrected chi connectivity index (χ4v) is 2.92. The number of unbranched alkanes of at least 4 members (excludes halogenated alkanes) is 4. The number of alkyl halides is 3. The number of hydrogen-bond donors (Lipinski definition) is 1. The topological polar surface area (TPSA) is 12.0 Å². The van der Waals surface area contributed by atoms with Crippen LogP contribution in [0.15, 0.2) is 22.7 Å². The van der Waals surface area contributed by atoms with Crippen molar-refractivity contribution in [2.75, 3.05) is 7.05 Å². The average Bonchev–Trinajstić information content (AvgIpc) is 2.43. The van der Waals surface area contributed by atoms with Gasteiger partial charge in [-0.15, -0.1) is 0 Å². The van der Waals surface area contributed by atoms with Gasteiger partial charge in [-0.2, -0.15) is 13.2 Å². The van der Waals surface area contributed by atoms with Crippen molar-refractivity contribution in [3.63, 3.8) is 0 Å². The third kappa shape index (κ3) is 5.99. The molecule has 0 aromatic heterocycles. The predicted molar refractivity (Wildman–Crippen MR) is 84.3 cm³/mol. The number of benzene rings is 1. The molecule has 1 rings (SSSR count). The molecule has 0 spiro atoms. The monoisotopic (exact) mass is 365 g/mol. The van der Waals surface area contributed by atoms with Gasteiger partial charge in [-0.05, 0) is 37.2 Å². The fourth-order valence-electron chi connectivity index (χ4n) is 2.39. The SMILES string of the molecule is CCCCCCCC(NC)c1cc(C(F)(F)F)ccc1Br. The Balaban J connectivity index is 2.75. The van der Waals surface area contributed by atoms with E-state index in [-0.39, 0.29) is 6.04 Å². The van der Waals surface area contributed by atoms with Gasteiger partial charge in [0.25, 0.3) is 0 Å². The highest BCUT2D eigenvalue weighted by molar-refractivity contribution is 9.10. The van der Waals surface area contributed by atoms with Crippen LogP contribution in [0.3, 0.4) is 0 Å². The molecular formula is C16H23BrF3N. The number of rotatable bonds is 8.